The Bertz CT molecular complexity index is 235. The van der Waals surface area contributed by atoms with E-state index >= 15 is 0 Å². The molecular formula is C15H30N2O. The van der Waals surface area contributed by atoms with Crippen molar-refractivity contribution < 1.29 is 4.74 Å². The predicted octanol–water partition coefficient (Wildman–Crippen LogP) is 2.26. The van der Waals surface area contributed by atoms with E-state index in [4.69, 9.17) is 4.74 Å². The Morgan fingerprint density at radius 2 is 1.78 bits per heavy atom. The Morgan fingerprint density at radius 1 is 1.11 bits per heavy atom. The van der Waals surface area contributed by atoms with E-state index in [9.17, 15) is 0 Å². The molecule has 4 unspecified atom stereocenters. The van der Waals surface area contributed by atoms with Gasteiger partial charge >= 0.3 is 0 Å². The third kappa shape index (κ3) is 3.94. The maximum absolute atomic E-state index is 5.82. The van der Waals surface area contributed by atoms with Gasteiger partial charge in [0.05, 0.1) is 6.10 Å². The van der Waals surface area contributed by atoms with Crippen LogP contribution in [-0.4, -0.2) is 49.3 Å². The van der Waals surface area contributed by atoms with E-state index in [0.29, 0.717) is 18.2 Å². The molecular weight excluding hydrogens is 224 g/mol. The lowest BCUT2D eigenvalue weighted by Crippen LogP contribution is -2.44. The second kappa shape index (κ2) is 6.88. The molecule has 0 aromatic heterocycles. The van der Waals surface area contributed by atoms with Gasteiger partial charge in [-0.2, -0.15) is 0 Å². The van der Waals surface area contributed by atoms with E-state index in [1.54, 1.807) is 0 Å². The van der Waals surface area contributed by atoms with E-state index in [1.165, 1.54) is 45.3 Å². The van der Waals surface area contributed by atoms with Gasteiger partial charge in [-0.3, -0.25) is 0 Å². The van der Waals surface area contributed by atoms with Crippen LogP contribution in [0, 0.1) is 5.92 Å². The SMILES string of the molecule is CCC1OCCC1CN1CCC(C)NC(C)CC1. The molecule has 0 radical (unpaired) electrons. The van der Waals surface area contributed by atoms with Crippen molar-refractivity contribution in [1.82, 2.24) is 10.2 Å². The third-order valence-electron chi connectivity index (χ3n) is 4.57. The average Bonchev–Trinajstić information content (AvgIpc) is 2.78. The third-order valence-corrected chi connectivity index (χ3v) is 4.57. The van der Waals surface area contributed by atoms with Crippen LogP contribution < -0.4 is 5.32 Å². The van der Waals surface area contributed by atoms with Crippen LogP contribution in [0.4, 0.5) is 0 Å². The fourth-order valence-corrected chi connectivity index (χ4v) is 3.38. The molecule has 2 fully saturated rings. The Balaban J connectivity index is 1.83. The Labute approximate surface area is 112 Å². The largest absolute Gasteiger partial charge is 0.378 e. The van der Waals surface area contributed by atoms with Crippen molar-refractivity contribution in [3.8, 4) is 0 Å². The van der Waals surface area contributed by atoms with Crippen LogP contribution in [0.2, 0.25) is 0 Å². The molecule has 0 aliphatic carbocycles. The molecule has 3 nitrogen and oxygen atoms in total. The quantitative estimate of drug-likeness (QED) is 0.836. The van der Waals surface area contributed by atoms with E-state index < -0.39 is 0 Å². The molecule has 0 saturated carbocycles. The Hall–Kier alpha value is -0.120. The molecule has 0 spiro atoms. The molecule has 2 aliphatic rings. The Morgan fingerprint density at radius 3 is 2.39 bits per heavy atom. The van der Waals surface area contributed by atoms with Crippen molar-refractivity contribution in [2.45, 2.75) is 64.6 Å². The summed E-state index contributed by atoms with van der Waals surface area (Å²) >= 11 is 0. The summed E-state index contributed by atoms with van der Waals surface area (Å²) in [5.41, 5.74) is 0. The van der Waals surface area contributed by atoms with E-state index in [0.717, 1.165) is 12.5 Å². The lowest BCUT2D eigenvalue weighted by atomic mass is 9.98. The highest BCUT2D eigenvalue weighted by atomic mass is 16.5. The zero-order chi connectivity index (χ0) is 13.0. The smallest absolute Gasteiger partial charge is 0.0613 e. The number of nitrogens with one attached hydrogen (secondary N) is 1. The molecule has 0 aromatic rings. The van der Waals surface area contributed by atoms with Crippen LogP contribution in [-0.2, 0) is 4.74 Å². The van der Waals surface area contributed by atoms with Gasteiger partial charge in [0.2, 0.25) is 0 Å². The van der Waals surface area contributed by atoms with E-state index in [2.05, 4.69) is 31.0 Å². The van der Waals surface area contributed by atoms with Crippen LogP contribution in [0.5, 0.6) is 0 Å². The van der Waals surface area contributed by atoms with Crippen LogP contribution in [0.3, 0.4) is 0 Å². The molecule has 2 saturated heterocycles. The first-order valence-electron chi connectivity index (χ1n) is 7.79. The van der Waals surface area contributed by atoms with Gasteiger partial charge in [-0.05, 0) is 58.5 Å². The number of nitrogens with zero attached hydrogens (tertiary/aromatic N) is 1. The second-order valence-corrected chi connectivity index (χ2v) is 6.21. The van der Waals surface area contributed by atoms with Gasteiger partial charge in [-0.15, -0.1) is 0 Å². The van der Waals surface area contributed by atoms with Gasteiger partial charge in [-0.1, -0.05) is 6.92 Å². The maximum atomic E-state index is 5.82. The summed E-state index contributed by atoms with van der Waals surface area (Å²) in [6.07, 6.45) is 5.50. The molecule has 1 N–H and O–H groups in total. The van der Waals surface area contributed by atoms with Crippen LogP contribution in [0.25, 0.3) is 0 Å². The van der Waals surface area contributed by atoms with Gasteiger partial charge in [0.15, 0.2) is 0 Å². The summed E-state index contributed by atoms with van der Waals surface area (Å²) in [5, 5.41) is 3.66. The number of ether oxygens (including phenoxy) is 1. The summed E-state index contributed by atoms with van der Waals surface area (Å²) in [7, 11) is 0. The van der Waals surface area contributed by atoms with Crippen LogP contribution in [0.15, 0.2) is 0 Å². The highest BCUT2D eigenvalue weighted by molar-refractivity contribution is 4.81. The van der Waals surface area contributed by atoms with Crippen LogP contribution in [0.1, 0.15) is 46.5 Å². The summed E-state index contributed by atoms with van der Waals surface area (Å²) in [6.45, 7) is 11.6. The molecule has 2 rings (SSSR count). The van der Waals surface area contributed by atoms with Crippen LogP contribution >= 0.6 is 0 Å². The lowest BCUT2D eigenvalue weighted by Gasteiger charge is -2.33. The summed E-state index contributed by atoms with van der Waals surface area (Å²) in [6, 6.07) is 1.31. The van der Waals surface area contributed by atoms with Crippen molar-refractivity contribution in [2.75, 3.05) is 26.2 Å². The van der Waals surface area contributed by atoms with Crippen molar-refractivity contribution in [2.24, 2.45) is 5.92 Å². The fraction of sp³-hybridized carbons (Fsp3) is 1.00. The first-order valence-corrected chi connectivity index (χ1v) is 7.79. The standard InChI is InChI=1S/C15H30N2O/c1-4-15-14(7-10-18-15)11-17-8-5-12(2)16-13(3)6-9-17/h12-16H,4-11H2,1-3H3. The molecule has 2 aliphatic heterocycles. The highest BCUT2D eigenvalue weighted by Crippen LogP contribution is 2.24. The highest BCUT2D eigenvalue weighted by Gasteiger charge is 2.28. The van der Waals surface area contributed by atoms with Gasteiger partial charge in [0.1, 0.15) is 0 Å². The first kappa shape index (κ1) is 14.3. The summed E-state index contributed by atoms with van der Waals surface area (Å²) < 4.78 is 5.82. The summed E-state index contributed by atoms with van der Waals surface area (Å²) in [5.74, 6) is 0.771. The van der Waals surface area contributed by atoms with E-state index in [-0.39, 0.29) is 0 Å². The molecule has 0 bridgehead atoms. The van der Waals surface area contributed by atoms with Crippen molar-refractivity contribution >= 4 is 0 Å². The fourth-order valence-electron chi connectivity index (χ4n) is 3.38. The zero-order valence-corrected chi connectivity index (χ0v) is 12.3. The molecule has 0 aromatic carbocycles. The molecule has 106 valence electrons. The minimum Gasteiger partial charge on any atom is -0.378 e. The summed E-state index contributed by atoms with van der Waals surface area (Å²) in [4.78, 5) is 2.68. The predicted molar refractivity (Wildman–Crippen MR) is 75.9 cm³/mol. The first-order chi connectivity index (χ1) is 8.69. The molecule has 0 amide bonds. The number of hydrogen-bond acceptors (Lipinski definition) is 3. The number of rotatable bonds is 3. The molecule has 3 heteroatoms. The maximum Gasteiger partial charge on any atom is 0.0613 e. The average molecular weight is 254 g/mol. The minimum absolute atomic E-state index is 0.517. The van der Waals surface area contributed by atoms with Crippen molar-refractivity contribution in [1.29, 1.82) is 0 Å². The number of hydrogen-bond donors (Lipinski definition) is 1. The normalized spacial score (nSPS) is 39.5. The van der Waals surface area contributed by atoms with Gasteiger partial charge in [0.25, 0.3) is 0 Å². The van der Waals surface area contributed by atoms with Gasteiger partial charge < -0.3 is 15.0 Å². The topological polar surface area (TPSA) is 24.5 Å². The van der Waals surface area contributed by atoms with Crippen molar-refractivity contribution in [3.05, 3.63) is 0 Å². The van der Waals surface area contributed by atoms with E-state index in [1.807, 2.05) is 0 Å². The molecule has 18 heavy (non-hydrogen) atoms. The van der Waals surface area contributed by atoms with Gasteiger partial charge in [0, 0.05) is 25.2 Å². The molecule has 2 heterocycles. The van der Waals surface area contributed by atoms with Gasteiger partial charge in [-0.25, -0.2) is 0 Å². The Kier molecular flexibility index (Phi) is 5.46. The zero-order valence-electron chi connectivity index (χ0n) is 12.3. The lowest BCUT2D eigenvalue weighted by molar-refractivity contribution is 0.0731. The molecule has 4 atom stereocenters. The van der Waals surface area contributed by atoms with Crippen molar-refractivity contribution in [3.63, 3.8) is 0 Å². The minimum atomic E-state index is 0.517. The monoisotopic (exact) mass is 254 g/mol. The second-order valence-electron chi connectivity index (χ2n) is 6.21.